The SMILES string of the molecule is CN/C=C\n1cc(C)cc1C=O. The van der Waals surface area contributed by atoms with E-state index in [-0.39, 0.29) is 0 Å². The third-order valence-corrected chi connectivity index (χ3v) is 1.54. The van der Waals surface area contributed by atoms with Crippen molar-refractivity contribution in [3.8, 4) is 0 Å². The fraction of sp³-hybridized carbons (Fsp3) is 0.222. The first-order valence-corrected chi connectivity index (χ1v) is 3.75. The van der Waals surface area contributed by atoms with Gasteiger partial charge in [0.15, 0.2) is 6.29 Å². The molecule has 1 aromatic rings. The van der Waals surface area contributed by atoms with Gasteiger partial charge in [0.1, 0.15) is 0 Å². The Morgan fingerprint density at radius 2 is 2.33 bits per heavy atom. The van der Waals surface area contributed by atoms with Crippen molar-refractivity contribution in [3.05, 3.63) is 29.7 Å². The third-order valence-electron chi connectivity index (χ3n) is 1.54. The summed E-state index contributed by atoms with van der Waals surface area (Å²) in [4.78, 5) is 10.5. The molecule has 0 unspecified atom stereocenters. The lowest BCUT2D eigenvalue weighted by Crippen LogP contribution is -1.96. The summed E-state index contributed by atoms with van der Waals surface area (Å²) in [6.07, 6.45) is 6.31. The molecule has 0 aliphatic carbocycles. The lowest BCUT2D eigenvalue weighted by atomic mass is 10.3. The molecule has 0 aromatic carbocycles. The molecule has 0 aliphatic heterocycles. The maximum atomic E-state index is 10.5. The van der Waals surface area contributed by atoms with Crippen LogP contribution >= 0.6 is 0 Å². The molecule has 0 amide bonds. The minimum Gasteiger partial charge on any atom is -0.393 e. The largest absolute Gasteiger partial charge is 0.393 e. The summed E-state index contributed by atoms with van der Waals surface area (Å²) in [5.41, 5.74) is 1.75. The number of aromatic nitrogens is 1. The van der Waals surface area contributed by atoms with Crippen LogP contribution in [0.1, 0.15) is 16.1 Å². The summed E-state index contributed by atoms with van der Waals surface area (Å²) in [6.45, 7) is 1.96. The Hall–Kier alpha value is -1.51. The van der Waals surface area contributed by atoms with Crippen molar-refractivity contribution in [2.24, 2.45) is 0 Å². The summed E-state index contributed by atoms with van der Waals surface area (Å²) in [6, 6.07) is 1.84. The number of hydrogen-bond donors (Lipinski definition) is 1. The van der Waals surface area contributed by atoms with E-state index >= 15 is 0 Å². The minimum absolute atomic E-state index is 0.666. The number of rotatable bonds is 3. The topological polar surface area (TPSA) is 34.0 Å². The van der Waals surface area contributed by atoms with Gasteiger partial charge in [-0.25, -0.2) is 0 Å². The molecule has 0 aliphatic rings. The van der Waals surface area contributed by atoms with Crippen LogP contribution in [-0.2, 0) is 0 Å². The van der Waals surface area contributed by atoms with E-state index < -0.39 is 0 Å². The van der Waals surface area contributed by atoms with E-state index in [9.17, 15) is 4.79 Å². The van der Waals surface area contributed by atoms with Gasteiger partial charge in [-0.2, -0.15) is 0 Å². The molecule has 3 nitrogen and oxygen atoms in total. The zero-order valence-electron chi connectivity index (χ0n) is 7.24. The van der Waals surface area contributed by atoms with Crippen molar-refractivity contribution in [3.63, 3.8) is 0 Å². The van der Waals surface area contributed by atoms with E-state index in [1.54, 1.807) is 17.0 Å². The first-order valence-electron chi connectivity index (χ1n) is 3.75. The van der Waals surface area contributed by atoms with Crippen LogP contribution in [0.2, 0.25) is 0 Å². The van der Waals surface area contributed by atoms with Gasteiger partial charge in [-0.1, -0.05) is 0 Å². The Bertz CT molecular complexity index is 299. The van der Waals surface area contributed by atoms with Gasteiger partial charge in [0.05, 0.1) is 5.69 Å². The van der Waals surface area contributed by atoms with Gasteiger partial charge in [-0.05, 0) is 18.6 Å². The van der Waals surface area contributed by atoms with Gasteiger partial charge < -0.3 is 9.88 Å². The number of nitrogens with zero attached hydrogens (tertiary/aromatic N) is 1. The molecule has 1 heterocycles. The van der Waals surface area contributed by atoms with E-state index in [2.05, 4.69) is 5.32 Å². The smallest absolute Gasteiger partial charge is 0.166 e. The first kappa shape index (κ1) is 8.59. The molecule has 0 radical (unpaired) electrons. The van der Waals surface area contributed by atoms with Crippen LogP contribution in [0, 0.1) is 6.92 Å². The molecule has 0 saturated heterocycles. The number of hydrogen-bond acceptors (Lipinski definition) is 2. The Morgan fingerprint density at radius 1 is 1.58 bits per heavy atom. The summed E-state index contributed by atoms with van der Waals surface area (Å²) in [5.74, 6) is 0. The van der Waals surface area contributed by atoms with Crippen molar-refractivity contribution >= 4 is 12.5 Å². The van der Waals surface area contributed by atoms with Crippen LogP contribution < -0.4 is 5.32 Å². The van der Waals surface area contributed by atoms with Crippen LogP contribution in [0.4, 0.5) is 0 Å². The number of carbonyl (C=O) groups is 1. The molecule has 3 heteroatoms. The highest BCUT2D eigenvalue weighted by atomic mass is 16.1. The highest BCUT2D eigenvalue weighted by Crippen LogP contribution is 2.05. The molecule has 0 saturated carbocycles. The summed E-state index contributed by atoms with van der Waals surface area (Å²) in [7, 11) is 1.81. The molecular weight excluding hydrogens is 152 g/mol. The summed E-state index contributed by atoms with van der Waals surface area (Å²) < 4.78 is 1.78. The van der Waals surface area contributed by atoms with Crippen molar-refractivity contribution < 1.29 is 4.79 Å². The predicted octanol–water partition coefficient (Wildman–Crippen LogP) is 1.26. The standard InChI is InChI=1S/C9H12N2O/c1-8-5-9(7-12)11(6-8)4-3-10-2/h3-7,10H,1-2H3/b4-3-. The fourth-order valence-corrected chi connectivity index (χ4v) is 1.02. The summed E-state index contributed by atoms with van der Waals surface area (Å²) >= 11 is 0. The Labute approximate surface area is 71.7 Å². The van der Waals surface area contributed by atoms with Crippen LogP contribution in [0.3, 0.4) is 0 Å². The van der Waals surface area contributed by atoms with Crippen LogP contribution in [-0.4, -0.2) is 17.9 Å². The number of aldehydes is 1. The molecule has 12 heavy (non-hydrogen) atoms. The van der Waals surface area contributed by atoms with Gasteiger partial charge in [-0.15, -0.1) is 0 Å². The van der Waals surface area contributed by atoms with Crippen molar-refractivity contribution in [2.75, 3.05) is 7.05 Å². The number of nitrogens with one attached hydrogen (secondary N) is 1. The Morgan fingerprint density at radius 3 is 2.92 bits per heavy atom. The molecule has 1 rings (SSSR count). The van der Waals surface area contributed by atoms with Crippen molar-refractivity contribution in [1.29, 1.82) is 0 Å². The maximum Gasteiger partial charge on any atom is 0.166 e. The van der Waals surface area contributed by atoms with E-state index in [0.717, 1.165) is 11.8 Å². The van der Waals surface area contributed by atoms with E-state index in [4.69, 9.17) is 0 Å². The van der Waals surface area contributed by atoms with Crippen LogP contribution in [0.15, 0.2) is 18.5 Å². The molecule has 0 atom stereocenters. The second kappa shape index (κ2) is 3.76. The molecule has 1 N–H and O–H groups in total. The second-order valence-corrected chi connectivity index (χ2v) is 2.57. The minimum atomic E-state index is 0.666. The molecule has 0 bridgehead atoms. The van der Waals surface area contributed by atoms with Crippen LogP contribution in [0.5, 0.6) is 0 Å². The highest BCUT2D eigenvalue weighted by molar-refractivity contribution is 5.74. The zero-order chi connectivity index (χ0) is 8.97. The average Bonchev–Trinajstić information content (AvgIpc) is 2.42. The number of aryl methyl sites for hydroxylation is 1. The second-order valence-electron chi connectivity index (χ2n) is 2.57. The zero-order valence-corrected chi connectivity index (χ0v) is 7.24. The van der Waals surface area contributed by atoms with Crippen LogP contribution in [0.25, 0.3) is 6.20 Å². The quantitative estimate of drug-likeness (QED) is 0.682. The average molecular weight is 164 g/mol. The van der Waals surface area contributed by atoms with Gasteiger partial charge in [0.2, 0.25) is 0 Å². The van der Waals surface area contributed by atoms with Gasteiger partial charge in [0.25, 0.3) is 0 Å². The molecule has 1 aromatic heterocycles. The molecule has 0 fully saturated rings. The normalized spacial score (nSPS) is 10.5. The predicted molar refractivity (Wildman–Crippen MR) is 48.9 cm³/mol. The van der Waals surface area contributed by atoms with Gasteiger partial charge in [-0.3, -0.25) is 4.79 Å². The third kappa shape index (κ3) is 1.75. The molecule has 0 spiro atoms. The number of carbonyl (C=O) groups excluding carboxylic acids is 1. The maximum absolute atomic E-state index is 10.5. The van der Waals surface area contributed by atoms with E-state index in [1.807, 2.05) is 26.2 Å². The molecular formula is C9H12N2O. The summed E-state index contributed by atoms with van der Waals surface area (Å²) in [5, 5.41) is 2.86. The molecule has 64 valence electrons. The fourth-order valence-electron chi connectivity index (χ4n) is 1.02. The lowest BCUT2D eigenvalue weighted by Gasteiger charge is -1.94. The first-order chi connectivity index (χ1) is 5.77. The Kier molecular flexibility index (Phi) is 2.69. The lowest BCUT2D eigenvalue weighted by molar-refractivity contribution is 0.111. The van der Waals surface area contributed by atoms with Gasteiger partial charge in [0, 0.05) is 25.6 Å². The monoisotopic (exact) mass is 164 g/mol. The van der Waals surface area contributed by atoms with E-state index in [0.29, 0.717) is 5.69 Å². The highest BCUT2D eigenvalue weighted by Gasteiger charge is 1.97. The van der Waals surface area contributed by atoms with E-state index in [1.165, 1.54) is 0 Å². The van der Waals surface area contributed by atoms with Crippen molar-refractivity contribution in [2.45, 2.75) is 6.92 Å². The van der Waals surface area contributed by atoms with Crippen molar-refractivity contribution in [1.82, 2.24) is 9.88 Å². The van der Waals surface area contributed by atoms with Gasteiger partial charge >= 0.3 is 0 Å². The Balaban J connectivity index is 2.96.